The average molecular weight is 186 g/mol. The molecule has 1 nitrogen and oxygen atoms in total. The van der Waals surface area contributed by atoms with E-state index in [-0.39, 0.29) is 12.4 Å². The molecular formula is C10H16ClN. The van der Waals surface area contributed by atoms with E-state index in [4.69, 9.17) is 0 Å². The van der Waals surface area contributed by atoms with Gasteiger partial charge in [0.1, 0.15) is 5.69 Å². The molecule has 1 aromatic carbocycles. The first-order valence-corrected chi connectivity index (χ1v) is 3.89. The van der Waals surface area contributed by atoms with Crippen molar-refractivity contribution in [3.05, 3.63) is 29.8 Å². The smallest absolute Gasteiger partial charge is 0.132 e. The van der Waals surface area contributed by atoms with E-state index in [1.807, 2.05) is 0 Å². The second kappa shape index (κ2) is 3.92. The summed E-state index contributed by atoms with van der Waals surface area (Å²) >= 11 is 0. The van der Waals surface area contributed by atoms with Crippen LogP contribution in [0.1, 0.15) is 5.56 Å². The number of rotatable bonds is 1. The lowest BCUT2D eigenvalue weighted by atomic mass is 10.2. The molecule has 0 fully saturated rings. The van der Waals surface area contributed by atoms with Crippen LogP contribution < -0.4 is 16.9 Å². The van der Waals surface area contributed by atoms with Crippen molar-refractivity contribution in [1.82, 2.24) is 4.48 Å². The number of halogens is 1. The highest BCUT2D eigenvalue weighted by molar-refractivity contribution is 5.42. The fourth-order valence-corrected chi connectivity index (χ4v) is 0.992. The zero-order valence-corrected chi connectivity index (χ0v) is 8.89. The Hall–Kier alpha value is -0.530. The van der Waals surface area contributed by atoms with Crippen LogP contribution in [0.15, 0.2) is 24.3 Å². The van der Waals surface area contributed by atoms with Gasteiger partial charge in [0.25, 0.3) is 0 Å². The van der Waals surface area contributed by atoms with Crippen molar-refractivity contribution in [2.75, 3.05) is 21.1 Å². The number of nitrogens with zero attached hydrogens (tertiary/aromatic N) is 1. The first-order valence-electron chi connectivity index (χ1n) is 3.89. The molecular weight excluding hydrogens is 170 g/mol. The van der Waals surface area contributed by atoms with Crippen molar-refractivity contribution < 1.29 is 12.4 Å². The Balaban J connectivity index is 0.00000121. The van der Waals surface area contributed by atoms with Crippen LogP contribution in [0.4, 0.5) is 5.69 Å². The first kappa shape index (κ1) is 11.5. The van der Waals surface area contributed by atoms with E-state index in [2.05, 4.69) is 52.3 Å². The van der Waals surface area contributed by atoms with Gasteiger partial charge in [-0.2, -0.15) is 0 Å². The molecule has 0 N–H and O–H groups in total. The molecule has 0 amide bonds. The number of aryl methyl sites for hydroxylation is 1. The van der Waals surface area contributed by atoms with Gasteiger partial charge >= 0.3 is 0 Å². The van der Waals surface area contributed by atoms with Crippen LogP contribution in [0.25, 0.3) is 0 Å². The molecule has 0 aliphatic carbocycles. The number of benzene rings is 1. The summed E-state index contributed by atoms with van der Waals surface area (Å²) in [4.78, 5) is 0. The molecule has 0 saturated carbocycles. The fourth-order valence-electron chi connectivity index (χ4n) is 0.992. The summed E-state index contributed by atoms with van der Waals surface area (Å²) in [6.07, 6.45) is 0. The SMILES string of the molecule is Cc1ccc([N+](C)(C)C)cc1.[Cl-]. The Labute approximate surface area is 81.0 Å². The summed E-state index contributed by atoms with van der Waals surface area (Å²) in [5.74, 6) is 0. The Morgan fingerprint density at radius 1 is 0.917 bits per heavy atom. The van der Waals surface area contributed by atoms with E-state index in [0.29, 0.717) is 0 Å². The maximum atomic E-state index is 2.18. The van der Waals surface area contributed by atoms with Gasteiger partial charge in [-0.05, 0) is 19.1 Å². The van der Waals surface area contributed by atoms with Gasteiger partial charge in [-0.15, -0.1) is 0 Å². The zero-order chi connectivity index (χ0) is 8.48. The van der Waals surface area contributed by atoms with Crippen LogP contribution in [-0.4, -0.2) is 21.1 Å². The van der Waals surface area contributed by atoms with Gasteiger partial charge in [-0.25, -0.2) is 0 Å². The molecule has 0 unspecified atom stereocenters. The van der Waals surface area contributed by atoms with Crippen molar-refractivity contribution in [1.29, 1.82) is 0 Å². The van der Waals surface area contributed by atoms with Crippen molar-refractivity contribution in [3.63, 3.8) is 0 Å². The highest BCUT2D eigenvalue weighted by atomic mass is 35.5. The van der Waals surface area contributed by atoms with Crippen molar-refractivity contribution in [2.45, 2.75) is 6.92 Å². The number of quaternary nitrogens is 1. The molecule has 0 saturated heterocycles. The molecule has 1 rings (SSSR count). The van der Waals surface area contributed by atoms with Crippen LogP contribution in [0.3, 0.4) is 0 Å². The standard InChI is InChI=1S/C10H16N.ClH/c1-9-5-7-10(8-6-9)11(2,3)4;/h5-8H,1-4H3;1H/q+1;/p-1. The molecule has 68 valence electrons. The van der Waals surface area contributed by atoms with Crippen LogP contribution in [0.2, 0.25) is 0 Å². The van der Waals surface area contributed by atoms with E-state index in [9.17, 15) is 0 Å². The summed E-state index contributed by atoms with van der Waals surface area (Å²) < 4.78 is 0.889. The Bertz CT molecular complexity index is 233. The lowest BCUT2D eigenvalue weighted by molar-refractivity contribution is -0.00000265. The molecule has 0 spiro atoms. The third-order valence-electron chi connectivity index (χ3n) is 1.81. The minimum atomic E-state index is 0. The van der Waals surface area contributed by atoms with Gasteiger partial charge in [-0.1, -0.05) is 17.7 Å². The summed E-state index contributed by atoms with van der Waals surface area (Å²) in [5, 5.41) is 0. The molecule has 0 aliphatic rings. The predicted molar refractivity (Wildman–Crippen MR) is 50.7 cm³/mol. The van der Waals surface area contributed by atoms with E-state index in [1.165, 1.54) is 11.3 Å². The van der Waals surface area contributed by atoms with Crippen LogP contribution in [0.5, 0.6) is 0 Å². The lowest BCUT2D eigenvalue weighted by Gasteiger charge is -2.23. The predicted octanol–water partition coefficient (Wildman–Crippen LogP) is -0.804. The van der Waals surface area contributed by atoms with Crippen molar-refractivity contribution >= 4 is 5.69 Å². The molecule has 0 atom stereocenters. The molecule has 0 aliphatic heterocycles. The van der Waals surface area contributed by atoms with E-state index >= 15 is 0 Å². The highest BCUT2D eigenvalue weighted by Gasteiger charge is 2.09. The van der Waals surface area contributed by atoms with Gasteiger partial charge in [0.15, 0.2) is 0 Å². The Morgan fingerprint density at radius 3 is 1.67 bits per heavy atom. The third kappa shape index (κ3) is 2.84. The van der Waals surface area contributed by atoms with E-state index in [0.717, 1.165) is 4.48 Å². The molecule has 0 heterocycles. The minimum absolute atomic E-state index is 0. The second-order valence-corrected chi connectivity index (χ2v) is 3.85. The minimum Gasteiger partial charge on any atom is -1.00 e. The molecule has 0 aromatic heterocycles. The van der Waals surface area contributed by atoms with Gasteiger partial charge in [0.05, 0.1) is 21.1 Å². The monoisotopic (exact) mass is 185 g/mol. The number of hydrogen-bond acceptors (Lipinski definition) is 0. The molecule has 2 heteroatoms. The molecule has 12 heavy (non-hydrogen) atoms. The second-order valence-electron chi connectivity index (χ2n) is 3.85. The lowest BCUT2D eigenvalue weighted by Crippen LogP contribution is -3.00. The van der Waals surface area contributed by atoms with Crippen molar-refractivity contribution in [3.8, 4) is 0 Å². The van der Waals surface area contributed by atoms with Gasteiger partial charge < -0.3 is 12.4 Å². The van der Waals surface area contributed by atoms with Gasteiger partial charge in [-0.3, -0.25) is 4.48 Å². The van der Waals surface area contributed by atoms with E-state index in [1.54, 1.807) is 0 Å². The zero-order valence-electron chi connectivity index (χ0n) is 8.13. The van der Waals surface area contributed by atoms with Crippen LogP contribution >= 0.6 is 0 Å². The third-order valence-corrected chi connectivity index (χ3v) is 1.81. The van der Waals surface area contributed by atoms with Gasteiger partial charge in [0.2, 0.25) is 0 Å². The summed E-state index contributed by atoms with van der Waals surface area (Å²) in [6.45, 7) is 2.11. The van der Waals surface area contributed by atoms with Crippen LogP contribution in [0, 0.1) is 6.92 Å². The first-order chi connectivity index (χ1) is 5.00. The summed E-state index contributed by atoms with van der Waals surface area (Å²) in [7, 11) is 6.51. The quantitative estimate of drug-likeness (QED) is 0.503. The summed E-state index contributed by atoms with van der Waals surface area (Å²) in [5.41, 5.74) is 2.66. The van der Waals surface area contributed by atoms with Gasteiger partial charge in [0, 0.05) is 0 Å². The fraction of sp³-hybridized carbons (Fsp3) is 0.400. The maximum absolute atomic E-state index is 2.18. The molecule has 0 bridgehead atoms. The van der Waals surface area contributed by atoms with Crippen LogP contribution in [-0.2, 0) is 0 Å². The van der Waals surface area contributed by atoms with Crippen molar-refractivity contribution in [2.24, 2.45) is 0 Å². The van der Waals surface area contributed by atoms with E-state index < -0.39 is 0 Å². The Kier molecular flexibility index (Phi) is 3.75. The topological polar surface area (TPSA) is 0 Å². The number of hydrogen-bond donors (Lipinski definition) is 0. The Morgan fingerprint density at radius 2 is 1.33 bits per heavy atom. The maximum Gasteiger partial charge on any atom is 0.132 e. The molecule has 0 radical (unpaired) electrons. The normalized spacial score (nSPS) is 10.7. The molecule has 1 aromatic rings. The summed E-state index contributed by atoms with van der Waals surface area (Å²) in [6, 6.07) is 8.66. The average Bonchev–Trinajstić information content (AvgIpc) is 1.86. The highest BCUT2D eigenvalue weighted by Crippen LogP contribution is 2.16. The largest absolute Gasteiger partial charge is 1.00 e.